The molecule has 13 heteroatoms. The van der Waals surface area contributed by atoms with Crippen molar-refractivity contribution in [2.75, 3.05) is 43.4 Å². The van der Waals surface area contributed by atoms with Crippen LogP contribution in [0.15, 0.2) is 48.8 Å². The minimum absolute atomic E-state index is 0.0590. The molecule has 1 aromatic carbocycles. The number of alkyl halides is 3. The lowest BCUT2D eigenvalue weighted by atomic mass is 10.1. The van der Waals surface area contributed by atoms with Gasteiger partial charge in [0.1, 0.15) is 12.2 Å². The summed E-state index contributed by atoms with van der Waals surface area (Å²) in [5.41, 5.74) is 3.41. The van der Waals surface area contributed by atoms with E-state index >= 15 is 0 Å². The molecule has 0 bridgehead atoms. The molecule has 1 aliphatic heterocycles. The number of fused-ring (bicyclic) bond motifs is 1. The van der Waals surface area contributed by atoms with Crippen LogP contribution in [0.2, 0.25) is 0 Å². The fraction of sp³-hybridized carbons (Fsp3) is 0.273. The average molecular weight is 492 g/mol. The highest BCUT2D eigenvalue weighted by Crippen LogP contribution is 2.26. The predicted octanol–water partition coefficient (Wildman–Crippen LogP) is 2.66. The van der Waals surface area contributed by atoms with Crippen LogP contribution in [0.25, 0.3) is 16.9 Å². The van der Waals surface area contributed by atoms with Gasteiger partial charge in [-0.2, -0.15) is 13.2 Å². The number of imidazole rings is 1. The number of amides is 3. The summed E-state index contributed by atoms with van der Waals surface area (Å²) >= 11 is 0. The number of hydrogen-bond acceptors (Lipinski definition) is 5. The molecule has 0 spiro atoms. The number of anilines is 2. The quantitative estimate of drug-likeness (QED) is 0.482. The van der Waals surface area contributed by atoms with Gasteiger partial charge in [-0.3, -0.25) is 14.0 Å². The third-order valence-electron chi connectivity index (χ3n) is 5.18. The van der Waals surface area contributed by atoms with E-state index in [0.717, 1.165) is 23.5 Å². The zero-order chi connectivity index (χ0) is 25.6. The minimum atomic E-state index is -4.48. The van der Waals surface area contributed by atoms with Gasteiger partial charge in [0.15, 0.2) is 0 Å². The van der Waals surface area contributed by atoms with E-state index < -0.39 is 18.8 Å². The molecule has 35 heavy (non-hydrogen) atoms. The van der Waals surface area contributed by atoms with Gasteiger partial charge in [-0.1, -0.05) is 12.1 Å². The monoisotopic (exact) mass is 492 g/mol. The van der Waals surface area contributed by atoms with Crippen LogP contribution in [0.1, 0.15) is 0 Å². The first-order chi connectivity index (χ1) is 16.6. The number of carbonyl (C=O) groups is 3. The van der Waals surface area contributed by atoms with Gasteiger partial charge in [-0.15, -0.1) is 0 Å². The van der Waals surface area contributed by atoms with Crippen LogP contribution in [0.4, 0.5) is 29.3 Å². The number of aromatic nitrogens is 2. The van der Waals surface area contributed by atoms with E-state index in [4.69, 9.17) is 9.90 Å². The van der Waals surface area contributed by atoms with Crippen LogP contribution >= 0.6 is 0 Å². The van der Waals surface area contributed by atoms with Crippen LogP contribution in [-0.2, 0) is 9.59 Å². The number of pyridine rings is 1. The van der Waals surface area contributed by atoms with Gasteiger partial charge in [0.25, 0.3) is 6.47 Å². The maximum absolute atomic E-state index is 12.3. The van der Waals surface area contributed by atoms with Gasteiger partial charge < -0.3 is 25.5 Å². The molecular formula is C22H23F3N6O4. The lowest BCUT2D eigenvalue weighted by molar-refractivity contribution is -0.129. The van der Waals surface area contributed by atoms with E-state index in [1.807, 2.05) is 33.7 Å². The van der Waals surface area contributed by atoms with E-state index in [-0.39, 0.29) is 12.4 Å². The van der Waals surface area contributed by atoms with Gasteiger partial charge in [-0.05, 0) is 18.2 Å². The highest BCUT2D eigenvalue weighted by Gasteiger charge is 2.27. The second kappa shape index (κ2) is 10.8. The number of urea groups is 1. The van der Waals surface area contributed by atoms with Gasteiger partial charge in [0, 0.05) is 49.3 Å². The Morgan fingerprint density at radius 1 is 1.23 bits per heavy atom. The standard InChI is InChI=1S/C21H21F3N6O2.CH2O2/c1-28-7-8-29(12-19(28)31)16-5-6-30-17(11-25-18(30)10-16)14-3-2-4-15(9-14)27-20(32)26-13-21(22,23)24;2-1-3/h2-6,9-11H,7-8,12-13H2,1H3,(H2,26,27,32);1H,(H,2,3). The average Bonchev–Trinajstić information content (AvgIpc) is 3.23. The minimum Gasteiger partial charge on any atom is -0.483 e. The van der Waals surface area contributed by atoms with Gasteiger partial charge in [0.05, 0.1) is 18.4 Å². The largest absolute Gasteiger partial charge is 0.483 e. The number of carboxylic acid groups (broad SMARTS) is 1. The van der Waals surface area contributed by atoms with E-state index in [0.29, 0.717) is 24.4 Å². The number of nitrogens with zero attached hydrogens (tertiary/aromatic N) is 4. The Balaban J connectivity index is 0.00000108. The molecule has 3 amide bonds. The fourth-order valence-electron chi connectivity index (χ4n) is 3.47. The Kier molecular flexibility index (Phi) is 7.79. The molecule has 0 aliphatic carbocycles. The van der Waals surface area contributed by atoms with Crippen molar-refractivity contribution < 1.29 is 32.7 Å². The number of carbonyl (C=O) groups excluding carboxylic acids is 2. The summed E-state index contributed by atoms with van der Waals surface area (Å²) in [4.78, 5) is 40.2. The number of nitrogens with one attached hydrogen (secondary N) is 2. The van der Waals surface area contributed by atoms with Crippen molar-refractivity contribution in [2.45, 2.75) is 6.18 Å². The molecular weight excluding hydrogens is 469 g/mol. The van der Waals surface area contributed by atoms with Crippen LogP contribution in [0.3, 0.4) is 0 Å². The molecule has 1 aliphatic rings. The molecule has 4 rings (SSSR count). The number of halogens is 3. The Labute approximate surface area is 198 Å². The zero-order valence-electron chi connectivity index (χ0n) is 18.6. The molecule has 3 heterocycles. The van der Waals surface area contributed by atoms with E-state index in [9.17, 15) is 22.8 Å². The Morgan fingerprint density at radius 2 is 1.97 bits per heavy atom. The fourth-order valence-corrected chi connectivity index (χ4v) is 3.47. The normalized spacial score (nSPS) is 13.8. The van der Waals surface area contributed by atoms with E-state index in [1.54, 1.807) is 41.7 Å². The van der Waals surface area contributed by atoms with Crippen LogP contribution in [0.5, 0.6) is 0 Å². The third-order valence-corrected chi connectivity index (χ3v) is 5.18. The number of rotatable bonds is 4. The topological polar surface area (TPSA) is 119 Å². The summed E-state index contributed by atoms with van der Waals surface area (Å²) < 4.78 is 38.7. The molecule has 0 atom stereocenters. The van der Waals surface area contributed by atoms with Crippen LogP contribution < -0.4 is 15.5 Å². The first-order valence-electron chi connectivity index (χ1n) is 10.4. The molecule has 1 saturated heterocycles. The van der Waals surface area contributed by atoms with Crippen LogP contribution in [0, 0.1) is 0 Å². The molecule has 2 aromatic heterocycles. The van der Waals surface area contributed by atoms with Crippen molar-refractivity contribution in [1.82, 2.24) is 19.6 Å². The summed E-state index contributed by atoms with van der Waals surface area (Å²) in [5.74, 6) is 0.0590. The smallest absolute Gasteiger partial charge is 0.405 e. The van der Waals surface area contributed by atoms with Crippen molar-refractivity contribution in [3.8, 4) is 11.3 Å². The molecule has 10 nitrogen and oxygen atoms in total. The number of benzene rings is 1. The molecule has 186 valence electrons. The van der Waals surface area contributed by atoms with Gasteiger partial charge in [0.2, 0.25) is 5.91 Å². The van der Waals surface area contributed by atoms with E-state index in [2.05, 4.69) is 10.3 Å². The Hall–Kier alpha value is -4.29. The zero-order valence-corrected chi connectivity index (χ0v) is 18.6. The SMILES string of the molecule is CN1CCN(c2ccn3c(-c4cccc(NC(=O)NCC(F)(F)F)c4)cnc3c2)CC1=O.O=CO. The highest BCUT2D eigenvalue weighted by atomic mass is 19.4. The summed E-state index contributed by atoms with van der Waals surface area (Å²) in [6.45, 7) is 0.0352. The third kappa shape index (κ3) is 6.62. The first-order valence-corrected chi connectivity index (χ1v) is 10.4. The summed E-state index contributed by atoms with van der Waals surface area (Å²) in [6.07, 6.45) is -0.949. The molecule has 0 saturated carbocycles. The summed E-state index contributed by atoms with van der Waals surface area (Å²) in [6, 6.07) is 9.61. The Morgan fingerprint density at radius 3 is 2.66 bits per heavy atom. The predicted molar refractivity (Wildman–Crippen MR) is 122 cm³/mol. The van der Waals surface area contributed by atoms with E-state index in [1.165, 1.54) is 0 Å². The summed E-state index contributed by atoms with van der Waals surface area (Å²) in [5, 5.41) is 11.1. The lowest BCUT2D eigenvalue weighted by Gasteiger charge is -2.33. The summed E-state index contributed by atoms with van der Waals surface area (Å²) in [7, 11) is 1.78. The lowest BCUT2D eigenvalue weighted by Crippen LogP contribution is -2.48. The molecule has 1 fully saturated rings. The Bertz CT molecular complexity index is 1210. The number of likely N-dealkylation sites (N-methyl/N-ethyl adjacent to an activating group) is 1. The maximum atomic E-state index is 12.3. The second-order valence-electron chi connectivity index (χ2n) is 7.60. The second-order valence-corrected chi connectivity index (χ2v) is 7.60. The first kappa shape index (κ1) is 25.3. The maximum Gasteiger partial charge on any atom is 0.405 e. The van der Waals surface area contributed by atoms with Crippen molar-refractivity contribution in [1.29, 1.82) is 0 Å². The molecule has 3 N–H and O–H groups in total. The molecule has 3 aromatic rings. The highest BCUT2D eigenvalue weighted by molar-refractivity contribution is 5.90. The van der Waals surface area contributed by atoms with Crippen LogP contribution in [-0.4, -0.2) is 77.2 Å². The van der Waals surface area contributed by atoms with Gasteiger partial charge >= 0.3 is 12.2 Å². The van der Waals surface area contributed by atoms with Crippen molar-refractivity contribution in [2.24, 2.45) is 0 Å². The number of hydrogen-bond donors (Lipinski definition) is 3. The van der Waals surface area contributed by atoms with Crippen molar-refractivity contribution in [3.63, 3.8) is 0 Å². The molecule has 0 radical (unpaired) electrons. The van der Waals surface area contributed by atoms with Crippen molar-refractivity contribution in [3.05, 3.63) is 48.8 Å². The molecule has 0 unspecified atom stereocenters. The van der Waals surface area contributed by atoms with Gasteiger partial charge in [-0.25, -0.2) is 9.78 Å². The number of piperazine rings is 1. The van der Waals surface area contributed by atoms with Crippen molar-refractivity contribution >= 4 is 35.4 Å².